The zero-order valence-corrected chi connectivity index (χ0v) is 21.5. The summed E-state index contributed by atoms with van der Waals surface area (Å²) in [4.78, 5) is 28.4. The van der Waals surface area contributed by atoms with E-state index in [2.05, 4.69) is 11.5 Å². The van der Waals surface area contributed by atoms with Gasteiger partial charge in [0.1, 0.15) is 17.1 Å². The molecule has 7 heteroatoms. The van der Waals surface area contributed by atoms with Gasteiger partial charge in [0.25, 0.3) is 0 Å². The molecule has 1 aromatic heterocycles. The minimum atomic E-state index is -1.35. The summed E-state index contributed by atoms with van der Waals surface area (Å²) in [7, 11) is 0. The number of ether oxygens (including phenoxy) is 2. The summed E-state index contributed by atoms with van der Waals surface area (Å²) >= 11 is 0. The number of benzene rings is 3. The second kappa shape index (κ2) is 11.7. The zero-order valence-electron chi connectivity index (χ0n) is 21.5. The molecule has 0 aliphatic heterocycles. The van der Waals surface area contributed by atoms with Crippen molar-refractivity contribution in [2.45, 2.75) is 59.4 Å². The van der Waals surface area contributed by atoms with E-state index in [1.807, 2.05) is 62.4 Å². The van der Waals surface area contributed by atoms with E-state index < -0.39 is 6.16 Å². The summed E-state index contributed by atoms with van der Waals surface area (Å²) < 4.78 is 12.9. The summed E-state index contributed by atoms with van der Waals surface area (Å²) in [5, 5.41) is 9.06. The monoisotopic (exact) mass is 500 g/mol. The Hall–Kier alpha value is -4.13. The van der Waals surface area contributed by atoms with Gasteiger partial charge in [-0.3, -0.25) is 4.79 Å². The van der Waals surface area contributed by atoms with Gasteiger partial charge in [-0.2, -0.15) is 0 Å². The number of carboxylic acid groups (broad SMARTS) is 1. The van der Waals surface area contributed by atoms with Crippen LogP contribution in [0.25, 0.3) is 22.2 Å². The van der Waals surface area contributed by atoms with Crippen molar-refractivity contribution >= 4 is 23.2 Å². The van der Waals surface area contributed by atoms with Crippen LogP contribution in [-0.2, 0) is 17.8 Å². The quantitative estimate of drug-likeness (QED) is 0.141. The lowest BCUT2D eigenvalue weighted by atomic mass is 10.0. The number of rotatable bonds is 10. The second-order valence-electron chi connectivity index (χ2n) is 9.08. The average molecular weight is 501 g/mol. The Bertz CT molecular complexity index is 1410. The fourth-order valence-electron chi connectivity index (χ4n) is 4.40. The first-order chi connectivity index (χ1) is 17.9. The first-order valence-electron chi connectivity index (χ1n) is 12.7. The van der Waals surface area contributed by atoms with E-state index >= 15 is 0 Å². The van der Waals surface area contributed by atoms with Crippen LogP contribution in [0.5, 0.6) is 11.5 Å². The molecular formula is C30H32N2O5. The van der Waals surface area contributed by atoms with Gasteiger partial charge in [-0.1, -0.05) is 68.8 Å². The van der Waals surface area contributed by atoms with E-state index in [4.69, 9.17) is 19.6 Å². The van der Waals surface area contributed by atoms with Gasteiger partial charge in [0, 0.05) is 24.9 Å². The van der Waals surface area contributed by atoms with E-state index in [0.717, 1.165) is 59.2 Å². The van der Waals surface area contributed by atoms with Gasteiger partial charge in [0.2, 0.25) is 0 Å². The molecule has 3 aromatic carbocycles. The van der Waals surface area contributed by atoms with Gasteiger partial charge in [0.05, 0.1) is 5.52 Å². The molecule has 0 unspecified atom stereocenters. The van der Waals surface area contributed by atoms with E-state index in [9.17, 15) is 9.59 Å². The number of imidazole rings is 1. The third-order valence-corrected chi connectivity index (χ3v) is 6.26. The molecule has 4 aromatic rings. The second-order valence-corrected chi connectivity index (χ2v) is 9.08. The molecule has 1 N–H and O–H groups in total. The molecule has 192 valence electrons. The summed E-state index contributed by atoms with van der Waals surface area (Å²) in [5.41, 5.74) is 5.32. The highest BCUT2D eigenvalue weighted by Gasteiger charge is 2.19. The number of nitrogens with zero attached hydrogens (tertiary/aromatic N) is 2. The fraction of sp³-hybridized carbons (Fsp3) is 0.300. The third kappa shape index (κ3) is 6.00. The number of aromatic nitrogens is 2. The number of aryl methyl sites for hydroxylation is 2. The molecule has 0 atom stereocenters. The maximum absolute atomic E-state index is 12.4. The minimum absolute atomic E-state index is 0.248. The molecule has 1 heterocycles. The van der Waals surface area contributed by atoms with Crippen LogP contribution in [-0.4, -0.2) is 26.8 Å². The topological polar surface area (TPSA) is 90.6 Å². The molecule has 0 spiro atoms. The Morgan fingerprint density at radius 2 is 1.68 bits per heavy atom. The van der Waals surface area contributed by atoms with Crippen LogP contribution >= 0.6 is 0 Å². The predicted octanol–water partition coefficient (Wildman–Crippen LogP) is 7.16. The molecule has 0 amide bonds. The van der Waals surface area contributed by atoms with Crippen molar-refractivity contribution in [1.82, 2.24) is 9.55 Å². The van der Waals surface area contributed by atoms with Gasteiger partial charge in [-0.15, -0.1) is 0 Å². The van der Waals surface area contributed by atoms with Crippen molar-refractivity contribution in [2.24, 2.45) is 0 Å². The third-order valence-electron chi connectivity index (χ3n) is 6.26. The van der Waals surface area contributed by atoms with Crippen LogP contribution in [0.3, 0.4) is 0 Å². The Morgan fingerprint density at radius 1 is 0.919 bits per heavy atom. The highest BCUT2D eigenvalue weighted by molar-refractivity contribution is 5.88. The first-order valence-corrected chi connectivity index (χ1v) is 12.7. The fourth-order valence-corrected chi connectivity index (χ4v) is 4.40. The number of unbranched alkanes of at least 4 members (excludes halogenated alkanes) is 1. The zero-order chi connectivity index (χ0) is 26.4. The lowest BCUT2D eigenvalue weighted by Crippen LogP contribution is -2.10. The average Bonchev–Trinajstić information content (AvgIpc) is 3.24. The smallest absolute Gasteiger partial charge is 0.449 e. The number of esters is 1. The van der Waals surface area contributed by atoms with Crippen molar-refractivity contribution < 1.29 is 24.2 Å². The Morgan fingerprint density at radius 3 is 2.38 bits per heavy atom. The van der Waals surface area contributed by atoms with Crippen LogP contribution in [0.2, 0.25) is 0 Å². The van der Waals surface area contributed by atoms with E-state index in [1.54, 1.807) is 12.1 Å². The molecular weight excluding hydrogens is 468 g/mol. The number of carbonyl (C=O) groups is 2. The molecule has 0 aliphatic rings. The van der Waals surface area contributed by atoms with E-state index in [1.165, 1.54) is 0 Å². The molecule has 0 saturated carbocycles. The Kier molecular flexibility index (Phi) is 8.23. The molecule has 4 rings (SSSR count). The lowest BCUT2D eigenvalue weighted by molar-refractivity contribution is -0.134. The summed E-state index contributed by atoms with van der Waals surface area (Å²) in [6.45, 7) is 6.69. The number of hydrogen-bond donors (Lipinski definition) is 1. The Labute approximate surface area is 216 Å². The largest absolute Gasteiger partial charge is 0.511 e. The van der Waals surface area contributed by atoms with Crippen molar-refractivity contribution in [3.05, 3.63) is 77.6 Å². The number of carbonyl (C=O) groups excluding carboxylic acids is 1. The number of hydrogen-bond acceptors (Lipinski definition) is 5. The summed E-state index contributed by atoms with van der Waals surface area (Å²) in [5.74, 6) is 1.54. The molecule has 0 radical (unpaired) electrons. The Balaban J connectivity index is 1.72. The number of fused-ring (bicyclic) bond motifs is 1. The first kappa shape index (κ1) is 25.9. The highest BCUT2D eigenvalue weighted by Crippen LogP contribution is 2.33. The van der Waals surface area contributed by atoms with Gasteiger partial charge in [-0.25, -0.2) is 9.78 Å². The lowest BCUT2D eigenvalue weighted by Gasteiger charge is -2.13. The maximum atomic E-state index is 12.4. The molecule has 0 saturated heterocycles. The van der Waals surface area contributed by atoms with Crippen molar-refractivity contribution in [3.8, 4) is 22.6 Å². The summed E-state index contributed by atoms with van der Waals surface area (Å²) in [6.07, 6.45) is 2.62. The SMILES string of the molecule is CCCCc1nc2c(C)ccc(OC(=O)CCC)c2n1Cc1ccc(-c2ccccc2OC(=O)O)cc1. The van der Waals surface area contributed by atoms with E-state index in [-0.39, 0.29) is 5.97 Å². The predicted molar refractivity (Wildman–Crippen MR) is 143 cm³/mol. The van der Waals surface area contributed by atoms with Gasteiger partial charge < -0.3 is 19.1 Å². The van der Waals surface area contributed by atoms with Crippen LogP contribution in [0.15, 0.2) is 60.7 Å². The van der Waals surface area contributed by atoms with Crippen molar-refractivity contribution in [3.63, 3.8) is 0 Å². The number of para-hydroxylation sites is 1. The van der Waals surface area contributed by atoms with Crippen molar-refractivity contribution in [2.75, 3.05) is 0 Å². The van der Waals surface area contributed by atoms with Gasteiger partial charge >= 0.3 is 12.1 Å². The van der Waals surface area contributed by atoms with Crippen molar-refractivity contribution in [1.29, 1.82) is 0 Å². The van der Waals surface area contributed by atoms with Crippen LogP contribution < -0.4 is 9.47 Å². The normalized spacial score (nSPS) is 11.0. The molecule has 7 nitrogen and oxygen atoms in total. The molecule has 0 aliphatic carbocycles. The maximum Gasteiger partial charge on any atom is 0.511 e. The molecule has 0 fully saturated rings. The summed E-state index contributed by atoms with van der Waals surface area (Å²) in [6, 6.07) is 18.8. The standard InChI is InChI=1S/C30H32N2O5/c1-4-6-12-26-31-28-20(3)13-18-25(36-27(33)9-5-2)29(28)32(26)19-21-14-16-22(17-15-21)23-10-7-8-11-24(23)37-30(34)35/h7-8,10-11,13-18H,4-6,9,12,19H2,1-3H3,(H,34,35). The highest BCUT2D eigenvalue weighted by atomic mass is 16.7. The minimum Gasteiger partial charge on any atom is -0.449 e. The molecule has 0 bridgehead atoms. The van der Waals surface area contributed by atoms with Gasteiger partial charge in [0.15, 0.2) is 5.75 Å². The molecule has 37 heavy (non-hydrogen) atoms. The van der Waals surface area contributed by atoms with E-state index in [0.29, 0.717) is 30.0 Å². The van der Waals surface area contributed by atoms with Gasteiger partial charge in [-0.05, 0) is 48.6 Å². The van der Waals surface area contributed by atoms with Crippen LogP contribution in [0, 0.1) is 6.92 Å². The van der Waals surface area contributed by atoms with Crippen LogP contribution in [0.1, 0.15) is 56.5 Å². The van der Waals surface area contributed by atoms with Crippen LogP contribution in [0.4, 0.5) is 4.79 Å².